The lowest BCUT2D eigenvalue weighted by molar-refractivity contribution is -0.137. The van der Waals surface area contributed by atoms with Crippen LogP contribution in [0.4, 0.5) is 0 Å². The van der Waals surface area contributed by atoms with Crippen molar-refractivity contribution < 1.29 is 23.4 Å². The first-order valence-corrected chi connectivity index (χ1v) is 6.83. The summed E-state index contributed by atoms with van der Waals surface area (Å²) in [7, 11) is -3.03. The van der Waals surface area contributed by atoms with Crippen molar-refractivity contribution in [1.29, 1.82) is 0 Å². The summed E-state index contributed by atoms with van der Waals surface area (Å²) in [6.07, 6.45) is 0.263. The van der Waals surface area contributed by atoms with E-state index in [1.165, 1.54) is 0 Å². The Kier molecular flexibility index (Phi) is 4.10. The van der Waals surface area contributed by atoms with Crippen molar-refractivity contribution >= 4 is 15.8 Å². The second kappa shape index (κ2) is 4.94. The molecule has 0 radical (unpaired) electrons. The van der Waals surface area contributed by atoms with E-state index in [9.17, 15) is 18.3 Å². The van der Waals surface area contributed by atoms with Gasteiger partial charge in [0, 0.05) is 6.42 Å². The second-order valence-corrected chi connectivity index (χ2v) is 6.29. The quantitative estimate of drug-likeness (QED) is 0.721. The van der Waals surface area contributed by atoms with Gasteiger partial charge in [-0.05, 0) is 25.2 Å². The molecular formula is C9H16O5S. The first-order valence-electron chi connectivity index (χ1n) is 5.01. The van der Waals surface area contributed by atoms with E-state index in [2.05, 4.69) is 0 Å². The monoisotopic (exact) mass is 236 g/mol. The fourth-order valence-electron chi connectivity index (χ4n) is 1.81. The maximum absolute atomic E-state index is 11.3. The highest BCUT2D eigenvalue weighted by Crippen LogP contribution is 2.23. The van der Waals surface area contributed by atoms with E-state index in [-0.39, 0.29) is 30.3 Å². The molecule has 2 N–H and O–H groups in total. The molecule has 1 heterocycles. The Labute approximate surface area is 89.0 Å². The van der Waals surface area contributed by atoms with Gasteiger partial charge in [0.2, 0.25) is 0 Å². The van der Waals surface area contributed by atoms with Crippen molar-refractivity contribution in [2.24, 2.45) is 5.92 Å². The van der Waals surface area contributed by atoms with Crippen molar-refractivity contribution in [3.05, 3.63) is 0 Å². The fraction of sp³-hybridized carbons (Fsp3) is 0.889. The lowest BCUT2D eigenvalue weighted by Crippen LogP contribution is -2.20. The second-order valence-electron chi connectivity index (χ2n) is 3.99. The predicted octanol–water partition coefficient (Wildman–Crippen LogP) is 0.0369. The number of aliphatic hydroxyl groups is 1. The SMILES string of the molecule is O=C(O)CC[C@H]1CCS(=O)(=O)CC[C@H]1O. The largest absolute Gasteiger partial charge is 0.481 e. The smallest absolute Gasteiger partial charge is 0.303 e. The number of rotatable bonds is 3. The molecule has 1 rings (SSSR count). The van der Waals surface area contributed by atoms with E-state index in [1.54, 1.807) is 0 Å². The van der Waals surface area contributed by atoms with Gasteiger partial charge in [-0.15, -0.1) is 0 Å². The lowest BCUT2D eigenvalue weighted by atomic mass is 9.93. The first-order chi connectivity index (χ1) is 6.91. The van der Waals surface area contributed by atoms with Crippen LogP contribution in [0, 0.1) is 5.92 Å². The number of sulfone groups is 1. The molecule has 88 valence electrons. The van der Waals surface area contributed by atoms with Gasteiger partial charge in [-0.1, -0.05) is 0 Å². The molecule has 0 amide bonds. The molecule has 2 atom stereocenters. The summed E-state index contributed by atoms with van der Waals surface area (Å²) in [5.74, 6) is -1.03. The Morgan fingerprint density at radius 3 is 2.47 bits per heavy atom. The van der Waals surface area contributed by atoms with Crippen molar-refractivity contribution in [3.8, 4) is 0 Å². The van der Waals surface area contributed by atoms with Crippen molar-refractivity contribution in [2.75, 3.05) is 11.5 Å². The number of hydrogen-bond acceptors (Lipinski definition) is 4. The zero-order chi connectivity index (χ0) is 11.5. The Morgan fingerprint density at radius 2 is 1.87 bits per heavy atom. The van der Waals surface area contributed by atoms with Crippen LogP contribution in [0.2, 0.25) is 0 Å². The number of carboxylic acids is 1. The Hall–Kier alpha value is -0.620. The average Bonchev–Trinajstić information content (AvgIpc) is 2.25. The summed E-state index contributed by atoms with van der Waals surface area (Å²) in [6, 6.07) is 0. The molecule has 0 aromatic heterocycles. The normalized spacial score (nSPS) is 30.7. The van der Waals surface area contributed by atoms with Gasteiger partial charge in [0.15, 0.2) is 0 Å². The molecule has 15 heavy (non-hydrogen) atoms. The molecule has 1 saturated heterocycles. The van der Waals surface area contributed by atoms with E-state index in [0.29, 0.717) is 12.8 Å². The third-order valence-electron chi connectivity index (χ3n) is 2.80. The molecule has 0 saturated carbocycles. The van der Waals surface area contributed by atoms with E-state index in [0.717, 1.165) is 0 Å². The zero-order valence-corrected chi connectivity index (χ0v) is 9.24. The summed E-state index contributed by atoms with van der Waals surface area (Å²) >= 11 is 0. The van der Waals surface area contributed by atoms with E-state index >= 15 is 0 Å². The Bertz CT molecular complexity index is 321. The molecule has 1 fully saturated rings. The molecule has 0 aliphatic carbocycles. The Morgan fingerprint density at radius 1 is 1.27 bits per heavy atom. The van der Waals surface area contributed by atoms with Crippen molar-refractivity contribution in [1.82, 2.24) is 0 Å². The standard InChI is InChI=1S/C9H16O5S/c10-8-4-6-15(13,14)5-3-7(8)1-2-9(11)12/h7-8,10H,1-6H2,(H,11,12)/t7-,8+/m0/s1. The molecule has 0 aromatic rings. The van der Waals surface area contributed by atoms with Crippen LogP contribution in [0.25, 0.3) is 0 Å². The maximum Gasteiger partial charge on any atom is 0.303 e. The predicted molar refractivity (Wildman–Crippen MR) is 54.3 cm³/mol. The van der Waals surface area contributed by atoms with Crippen LogP contribution in [0.15, 0.2) is 0 Å². The highest BCUT2D eigenvalue weighted by molar-refractivity contribution is 7.91. The average molecular weight is 236 g/mol. The third kappa shape index (κ3) is 4.17. The van der Waals surface area contributed by atoms with Gasteiger partial charge in [-0.3, -0.25) is 4.79 Å². The van der Waals surface area contributed by atoms with Crippen molar-refractivity contribution in [3.63, 3.8) is 0 Å². The van der Waals surface area contributed by atoms with Crippen molar-refractivity contribution in [2.45, 2.75) is 31.8 Å². The van der Waals surface area contributed by atoms with Gasteiger partial charge in [-0.2, -0.15) is 0 Å². The fourth-order valence-corrected chi connectivity index (χ4v) is 3.27. The maximum atomic E-state index is 11.3. The number of carbonyl (C=O) groups is 1. The summed E-state index contributed by atoms with van der Waals surface area (Å²) in [4.78, 5) is 10.4. The van der Waals surface area contributed by atoms with Crippen LogP contribution in [-0.2, 0) is 14.6 Å². The van der Waals surface area contributed by atoms with Crippen LogP contribution >= 0.6 is 0 Å². The topological polar surface area (TPSA) is 91.7 Å². The van der Waals surface area contributed by atoms with Gasteiger partial charge in [-0.25, -0.2) is 8.42 Å². The number of carboxylic acid groups (broad SMARTS) is 1. The first kappa shape index (κ1) is 12.4. The van der Waals surface area contributed by atoms with E-state index in [4.69, 9.17) is 5.11 Å². The number of aliphatic hydroxyl groups excluding tert-OH is 1. The molecule has 0 bridgehead atoms. The van der Waals surface area contributed by atoms with Gasteiger partial charge >= 0.3 is 5.97 Å². The van der Waals surface area contributed by atoms with Crippen LogP contribution < -0.4 is 0 Å². The molecule has 5 nitrogen and oxygen atoms in total. The summed E-state index contributed by atoms with van der Waals surface area (Å²) in [5, 5.41) is 18.1. The molecular weight excluding hydrogens is 220 g/mol. The van der Waals surface area contributed by atoms with Gasteiger partial charge in [0.25, 0.3) is 0 Å². The molecule has 0 unspecified atom stereocenters. The number of hydrogen-bond donors (Lipinski definition) is 2. The van der Waals surface area contributed by atoms with E-state index < -0.39 is 21.9 Å². The highest BCUT2D eigenvalue weighted by atomic mass is 32.2. The minimum absolute atomic E-state index is 0.0116. The summed E-state index contributed by atoms with van der Waals surface area (Å²) < 4.78 is 22.5. The summed E-state index contributed by atoms with van der Waals surface area (Å²) in [5.41, 5.74) is 0. The van der Waals surface area contributed by atoms with Crippen LogP contribution in [0.1, 0.15) is 25.7 Å². The minimum Gasteiger partial charge on any atom is -0.481 e. The zero-order valence-electron chi connectivity index (χ0n) is 8.42. The van der Waals surface area contributed by atoms with Gasteiger partial charge < -0.3 is 10.2 Å². The van der Waals surface area contributed by atoms with Gasteiger partial charge in [0.1, 0.15) is 9.84 Å². The molecule has 1 aliphatic heterocycles. The highest BCUT2D eigenvalue weighted by Gasteiger charge is 2.27. The minimum atomic E-state index is -3.03. The van der Waals surface area contributed by atoms with E-state index in [1.807, 2.05) is 0 Å². The molecule has 6 heteroatoms. The van der Waals surface area contributed by atoms with Crippen LogP contribution in [0.5, 0.6) is 0 Å². The summed E-state index contributed by atoms with van der Waals surface area (Å²) in [6.45, 7) is 0. The third-order valence-corrected chi connectivity index (χ3v) is 4.51. The van der Waals surface area contributed by atoms with Gasteiger partial charge in [0.05, 0.1) is 17.6 Å². The molecule has 1 aliphatic rings. The number of aliphatic carboxylic acids is 1. The molecule has 0 spiro atoms. The van der Waals surface area contributed by atoms with Crippen LogP contribution in [-0.4, -0.2) is 42.2 Å². The van der Waals surface area contributed by atoms with Crippen LogP contribution in [0.3, 0.4) is 0 Å². The lowest BCUT2D eigenvalue weighted by Gasteiger charge is -2.18. The molecule has 0 aromatic carbocycles. The Balaban J connectivity index is 2.54.